The van der Waals surface area contributed by atoms with Crippen LogP contribution in [0, 0.1) is 0 Å². The van der Waals surface area contributed by atoms with Gasteiger partial charge in [-0.3, -0.25) is 4.21 Å². The third-order valence-electron chi connectivity index (χ3n) is 1.98. The van der Waals surface area contributed by atoms with Gasteiger partial charge in [0.2, 0.25) is 0 Å². The van der Waals surface area contributed by atoms with Crippen LogP contribution in [0.25, 0.3) is 0 Å². The second-order valence-electron chi connectivity index (χ2n) is 3.78. The average molecular weight is 305 g/mol. The van der Waals surface area contributed by atoms with E-state index in [4.69, 9.17) is 4.74 Å². The summed E-state index contributed by atoms with van der Waals surface area (Å²) in [6, 6.07) is 7.63. The molecular formula is C12H17BrO2S. The molecule has 0 aliphatic rings. The van der Waals surface area contributed by atoms with Gasteiger partial charge >= 0.3 is 0 Å². The van der Waals surface area contributed by atoms with Crippen LogP contribution in [0.1, 0.15) is 20.3 Å². The zero-order valence-corrected chi connectivity index (χ0v) is 12.0. The van der Waals surface area contributed by atoms with E-state index in [0.717, 1.165) is 15.8 Å². The van der Waals surface area contributed by atoms with E-state index in [2.05, 4.69) is 15.9 Å². The fourth-order valence-corrected chi connectivity index (χ4v) is 2.89. The first-order chi connectivity index (χ1) is 7.59. The smallest absolute Gasteiger partial charge is 0.0530 e. The highest BCUT2D eigenvalue weighted by molar-refractivity contribution is 9.10. The van der Waals surface area contributed by atoms with Crippen LogP contribution >= 0.6 is 15.9 Å². The number of halogens is 1. The molecule has 0 saturated heterocycles. The second-order valence-corrected chi connectivity index (χ2v) is 6.27. The molecule has 1 aromatic rings. The minimum Gasteiger partial charge on any atom is -0.379 e. The van der Waals surface area contributed by atoms with Crippen LogP contribution in [0.3, 0.4) is 0 Å². The lowest BCUT2D eigenvalue weighted by molar-refractivity contribution is 0.0798. The summed E-state index contributed by atoms with van der Waals surface area (Å²) in [5.74, 6) is 0.656. The zero-order chi connectivity index (χ0) is 12.0. The topological polar surface area (TPSA) is 26.3 Å². The summed E-state index contributed by atoms with van der Waals surface area (Å²) in [4.78, 5) is 0.874. The van der Waals surface area contributed by atoms with Crippen molar-refractivity contribution >= 4 is 26.7 Å². The van der Waals surface area contributed by atoms with E-state index in [-0.39, 0.29) is 6.10 Å². The molecular weight excluding hydrogens is 288 g/mol. The largest absolute Gasteiger partial charge is 0.379 e. The molecule has 0 aromatic heterocycles. The number of rotatable bonds is 6. The van der Waals surface area contributed by atoms with Gasteiger partial charge in [-0.25, -0.2) is 0 Å². The fourth-order valence-electron chi connectivity index (χ4n) is 1.24. The molecule has 1 rings (SSSR count). The number of benzene rings is 1. The van der Waals surface area contributed by atoms with Crippen molar-refractivity contribution in [2.75, 3.05) is 12.4 Å². The van der Waals surface area contributed by atoms with Crippen molar-refractivity contribution in [1.82, 2.24) is 0 Å². The molecule has 0 aliphatic heterocycles. The van der Waals surface area contributed by atoms with E-state index < -0.39 is 10.8 Å². The van der Waals surface area contributed by atoms with Crippen molar-refractivity contribution in [2.45, 2.75) is 31.3 Å². The van der Waals surface area contributed by atoms with E-state index in [9.17, 15) is 4.21 Å². The van der Waals surface area contributed by atoms with E-state index in [0.29, 0.717) is 12.4 Å². The van der Waals surface area contributed by atoms with Crippen LogP contribution in [0.5, 0.6) is 0 Å². The summed E-state index contributed by atoms with van der Waals surface area (Å²) < 4.78 is 18.3. The predicted octanol–water partition coefficient (Wildman–Crippen LogP) is 3.37. The molecule has 1 unspecified atom stereocenters. The maximum Gasteiger partial charge on any atom is 0.0530 e. The maximum absolute atomic E-state index is 11.9. The highest BCUT2D eigenvalue weighted by Gasteiger charge is 2.04. The molecule has 0 amide bonds. The van der Waals surface area contributed by atoms with Crippen molar-refractivity contribution in [3.05, 3.63) is 28.7 Å². The number of hydrogen-bond acceptors (Lipinski definition) is 2. The van der Waals surface area contributed by atoms with E-state index in [1.165, 1.54) is 0 Å². The Kier molecular flexibility index (Phi) is 6.24. The quantitative estimate of drug-likeness (QED) is 0.753. The van der Waals surface area contributed by atoms with Crippen LogP contribution in [0.2, 0.25) is 0 Å². The Balaban J connectivity index is 2.35. The molecule has 0 heterocycles. The Labute approximate surface area is 108 Å². The Morgan fingerprint density at radius 3 is 2.81 bits per heavy atom. The molecule has 0 spiro atoms. The molecule has 16 heavy (non-hydrogen) atoms. The van der Waals surface area contributed by atoms with Gasteiger partial charge in [-0.15, -0.1) is 0 Å². The Bertz CT molecular complexity index is 353. The fraction of sp³-hybridized carbons (Fsp3) is 0.500. The van der Waals surface area contributed by atoms with Crippen molar-refractivity contribution in [1.29, 1.82) is 0 Å². The van der Waals surface area contributed by atoms with Crippen molar-refractivity contribution in [3.63, 3.8) is 0 Å². The minimum absolute atomic E-state index is 0.249. The van der Waals surface area contributed by atoms with Crippen LogP contribution in [0.15, 0.2) is 33.6 Å². The summed E-state index contributed by atoms with van der Waals surface area (Å²) in [5.41, 5.74) is 0. The van der Waals surface area contributed by atoms with Crippen molar-refractivity contribution in [3.8, 4) is 0 Å². The molecule has 0 radical (unpaired) electrons. The van der Waals surface area contributed by atoms with Crippen molar-refractivity contribution < 1.29 is 8.95 Å². The molecule has 0 aliphatic carbocycles. The number of hydrogen-bond donors (Lipinski definition) is 0. The molecule has 1 aromatic carbocycles. The lowest BCUT2D eigenvalue weighted by Crippen LogP contribution is -2.07. The summed E-state index contributed by atoms with van der Waals surface area (Å²) >= 11 is 3.37. The first kappa shape index (κ1) is 13.9. The van der Waals surface area contributed by atoms with Crippen LogP contribution in [-0.2, 0) is 15.5 Å². The molecule has 0 saturated carbocycles. The summed E-state index contributed by atoms with van der Waals surface area (Å²) in [6.45, 7) is 4.69. The minimum atomic E-state index is -0.918. The van der Waals surface area contributed by atoms with E-state index in [1.54, 1.807) is 0 Å². The zero-order valence-electron chi connectivity index (χ0n) is 9.61. The van der Waals surface area contributed by atoms with Gasteiger partial charge < -0.3 is 4.74 Å². The van der Waals surface area contributed by atoms with Crippen LogP contribution in [-0.4, -0.2) is 22.7 Å². The van der Waals surface area contributed by atoms with Gasteiger partial charge in [0, 0.05) is 21.7 Å². The highest BCUT2D eigenvalue weighted by atomic mass is 79.9. The normalized spacial score (nSPS) is 13.0. The average Bonchev–Trinajstić information content (AvgIpc) is 2.24. The second kappa shape index (κ2) is 7.20. The molecule has 4 heteroatoms. The van der Waals surface area contributed by atoms with Gasteiger partial charge in [0.25, 0.3) is 0 Å². The third-order valence-corrected chi connectivity index (χ3v) is 3.92. The molecule has 0 fully saturated rings. The van der Waals surface area contributed by atoms with Gasteiger partial charge in [-0.05, 0) is 38.5 Å². The SMILES string of the molecule is CC(C)OCCCS(=O)c1cccc(Br)c1. The van der Waals surface area contributed by atoms with Gasteiger partial charge in [-0.1, -0.05) is 22.0 Å². The molecule has 90 valence electrons. The van der Waals surface area contributed by atoms with Crippen LogP contribution < -0.4 is 0 Å². The summed E-state index contributed by atoms with van der Waals surface area (Å²) in [7, 11) is -0.918. The number of ether oxygens (including phenoxy) is 1. The third kappa shape index (κ3) is 5.23. The Morgan fingerprint density at radius 2 is 2.19 bits per heavy atom. The maximum atomic E-state index is 11.9. The first-order valence-electron chi connectivity index (χ1n) is 5.35. The first-order valence-corrected chi connectivity index (χ1v) is 7.46. The Hall–Kier alpha value is -0.190. The highest BCUT2D eigenvalue weighted by Crippen LogP contribution is 2.15. The van der Waals surface area contributed by atoms with Gasteiger partial charge in [0.1, 0.15) is 0 Å². The van der Waals surface area contributed by atoms with Crippen LogP contribution in [0.4, 0.5) is 0 Å². The van der Waals surface area contributed by atoms with Gasteiger partial charge in [0.15, 0.2) is 0 Å². The molecule has 2 nitrogen and oxygen atoms in total. The lowest BCUT2D eigenvalue weighted by Gasteiger charge is -2.07. The van der Waals surface area contributed by atoms with E-state index in [1.807, 2.05) is 38.1 Å². The van der Waals surface area contributed by atoms with E-state index >= 15 is 0 Å². The molecule has 0 N–H and O–H groups in total. The summed E-state index contributed by atoms with van der Waals surface area (Å²) in [6.07, 6.45) is 1.08. The molecule has 1 atom stereocenters. The van der Waals surface area contributed by atoms with Gasteiger partial charge in [-0.2, -0.15) is 0 Å². The van der Waals surface area contributed by atoms with Gasteiger partial charge in [0.05, 0.1) is 16.9 Å². The van der Waals surface area contributed by atoms with Crippen molar-refractivity contribution in [2.24, 2.45) is 0 Å². The predicted molar refractivity (Wildman–Crippen MR) is 71.1 cm³/mol. The lowest BCUT2D eigenvalue weighted by atomic mass is 10.4. The standard InChI is InChI=1S/C12H17BrO2S/c1-10(2)15-7-4-8-16(14)12-6-3-5-11(13)9-12/h3,5-6,9-10H,4,7-8H2,1-2H3. The Morgan fingerprint density at radius 1 is 1.44 bits per heavy atom. The molecule has 0 bridgehead atoms. The summed E-state index contributed by atoms with van der Waals surface area (Å²) in [5, 5.41) is 0. The monoisotopic (exact) mass is 304 g/mol.